The highest BCUT2D eigenvalue weighted by Gasteiger charge is 2.26. The molecule has 0 spiro atoms. The summed E-state index contributed by atoms with van der Waals surface area (Å²) in [5.41, 5.74) is 0.622. The SMILES string of the molecule is CCc1nn(C)c(NC(C)CCN(C)C)c1[N+](=O)[O-]. The van der Waals surface area contributed by atoms with Crippen molar-refractivity contribution < 1.29 is 4.92 Å². The van der Waals surface area contributed by atoms with E-state index in [1.807, 2.05) is 27.9 Å². The summed E-state index contributed by atoms with van der Waals surface area (Å²) in [6.45, 7) is 4.82. The van der Waals surface area contributed by atoms with Gasteiger partial charge in [0.2, 0.25) is 5.82 Å². The van der Waals surface area contributed by atoms with Crippen LogP contribution in [-0.4, -0.2) is 46.3 Å². The van der Waals surface area contributed by atoms with E-state index in [4.69, 9.17) is 0 Å². The highest BCUT2D eigenvalue weighted by Crippen LogP contribution is 2.29. The molecule has 19 heavy (non-hydrogen) atoms. The third kappa shape index (κ3) is 3.92. The highest BCUT2D eigenvalue weighted by atomic mass is 16.6. The molecule has 1 rings (SSSR count). The number of aryl methyl sites for hydroxylation is 2. The summed E-state index contributed by atoms with van der Waals surface area (Å²) in [6.07, 6.45) is 1.47. The van der Waals surface area contributed by atoms with Crippen molar-refractivity contribution in [2.75, 3.05) is 26.0 Å². The Labute approximate surface area is 113 Å². The van der Waals surface area contributed by atoms with Crippen LogP contribution in [0.1, 0.15) is 26.0 Å². The van der Waals surface area contributed by atoms with Crippen LogP contribution in [0.15, 0.2) is 0 Å². The molecule has 1 heterocycles. The van der Waals surface area contributed by atoms with Crippen molar-refractivity contribution in [3.8, 4) is 0 Å². The molecule has 7 heteroatoms. The molecule has 0 aromatic carbocycles. The number of hydrogen-bond acceptors (Lipinski definition) is 5. The average molecular weight is 269 g/mol. The molecule has 1 unspecified atom stereocenters. The lowest BCUT2D eigenvalue weighted by atomic mass is 10.2. The summed E-state index contributed by atoms with van der Waals surface area (Å²) in [5.74, 6) is 0.494. The second-order valence-corrected chi connectivity index (χ2v) is 5.02. The predicted octanol–water partition coefficient (Wildman–Crippen LogP) is 1.64. The van der Waals surface area contributed by atoms with Gasteiger partial charge >= 0.3 is 5.69 Å². The van der Waals surface area contributed by atoms with E-state index in [0.29, 0.717) is 17.9 Å². The van der Waals surface area contributed by atoms with E-state index < -0.39 is 0 Å². The Hall–Kier alpha value is -1.63. The molecule has 108 valence electrons. The standard InChI is InChI=1S/C12H23N5O2/c1-6-10-11(17(18)19)12(16(5)14-10)13-9(2)7-8-15(3)4/h9,13H,6-8H2,1-5H3. The van der Waals surface area contributed by atoms with Crippen LogP contribution in [0.4, 0.5) is 11.5 Å². The minimum absolute atomic E-state index is 0.0988. The lowest BCUT2D eigenvalue weighted by Crippen LogP contribution is -2.24. The summed E-state index contributed by atoms with van der Waals surface area (Å²) < 4.78 is 1.56. The summed E-state index contributed by atoms with van der Waals surface area (Å²) in [6, 6.07) is 0.154. The second kappa shape index (κ2) is 6.51. The number of nitro groups is 1. The van der Waals surface area contributed by atoms with Crippen molar-refractivity contribution in [3.63, 3.8) is 0 Å². The smallest absolute Gasteiger partial charge is 0.333 e. The van der Waals surface area contributed by atoms with Gasteiger partial charge in [0.05, 0.1) is 4.92 Å². The lowest BCUT2D eigenvalue weighted by molar-refractivity contribution is -0.384. The molecule has 1 aromatic heterocycles. The van der Waals surface area contributed by atoms with Gasteiger partial charge in [0.15, 0.2) is 0 Å². The minimum Gasteiger partial charge on any atom is -0.362 e. The van der Waals surface area contributed by atoms with Crippen molar-refractivity contribution in [1.82, 2.24) is 14.7 Å². The monoisotopic (exact) mass is 269 g/mol. The number of anilines is 1. The summed E-state index contributed by atoms with van der Waals surface area (Å²) in [7, 11) is 5.75. The van der Waals surface area contributed by atoms with E-state index in [0.717, 1.165) is 13.0 Å². The minimum atomic E-state index is -0.354. The topological polar surface area (TPSA) is 76.2 Å². The van der Waals surface area contributed by atoms with Crippen molar-refractivity contribution in [2.45, 2.75) is 32.7 Å². The van der Waals surface area contributed by atoms with Gasteiger partial charge < -0.3 is 10.2 Å². The van der Waals surface area contributed by atoms with Crippen LogP contribution in [-0.2, 0) is 13.5 Å². The molecule has 0 bridgehead atoms. The van der Waals surface area contributed by atoms with Crippen LogP contribution >= 0.6 is 0 Å². The van der Waals surface area contributed by atoms with Gasteiger partial charge in [0.25, 0.3) is 0 Å². The largest absolute Gasteiger partial charge is 0.362 e. The van der Waals surface area contributed by atoms with Gasteiger partial charge in [-0.15, -0.1) is 0 Å². The van der Waals surface area contributed by atoms with Gasteiger partial charge in [-0.1, -0.05) is 6.92 Å². The highest BCUT2D eigenvalue weighted by molar-refractivity contribution is 5.60. The third-order valence-corrected chi connectivity index (χ3v) is 3.00. The normalized spacial score (nSPS) is 12.7. The number of hydrogen-bond donors (Lipinski definition) is 1. The molecule has 1 atom stereocenters. The van der Waals surface area contributed by atoms with Gasteiger partial charge in [-0.3, -0.25) is 10.1 Å². The average Bonchev–Trinajstić information content (AvgIpc) is 2.63. The van der Waals surface area contributed by atoms with E-state index >= 15 is 0 Å². The first-order valence-corrected chi connectivity index (χ1v) is 6.48. The molecule has 1 N–H and O–H groups in total. The van der Waals surface area contributed by atoms with Gasteiger partial charge in [-0.2, -0.15) is 5.10 Å². The van der Waals surface area contributed by atoms with E-state index in [2.05, 4.69) is 15.3 Å². The van der Waals surface area contributed by atoms with Crippen molar-refractivity contribution in [1.29, 1.82) is 0 Å². The zero-order valence-electron chi connectivity index (χ0n) is 12.3. The van der Waals surface area contributed by atoms with Crippen LogP contribution in [0.5, 0.6) is 0 Å². The van der Waals surface area contributed by atoms with Gasteiger partial charge in [0.1, 0.15) is 5.69 Å². The number of nitrogens with zero attached hydrogens (tertiary/aromatic N) is 4. The predicted molar refractivity (Wildman–Crippen MR) is 75.5 cm³/mol. The van der Waals surface area contributed by atoms with E-state index in [1.54, 1.807) is 11.7 Å². The number of aromatic nitrogens is 2. The van der Waals surface area contributed by atoms with Gasteiger partial charge in [-0.25, -0.2) is 4.68 Å². The van der Waals surface area contributed by atoms with Crippen LogP contribution in [0.25, 0.3) is 0 Å². The molecule has 0 saturated heterocycles. The first-order chi connectivity index (χ1) is 8.86. The Balaban J connectivity index is 2.88. The Morgan fingerprint density at radius 3 is 2.63 bits per heavy atom. The Kier molecular flexibility index (Phi) is 5.29. The first-order valence-electron chi connectivity index (χ1n) is 6.48. The molecule has 0 saturated carbocycles. The van der Waals surface area contributed by atoms with Crippen molar-refractivity contribution in [2.24, 2.45) is 7.05 Å². The summed E-state index contributed by atoms with van der Waals surface area (Å²) >= 11 is 0. The zero-order chi connectivity index (χ0) is 14.6. The molecule has 1 aromatic rings. The fourth-order valence-electron chi connectivity index (χ4n) is 1.92. The maximum absolute atomic E-state index is 11.2. The first kappa shape index (κ1) is 15.4. The maximum Gasteiger partial charge on any atom is 0.333 e. The molecule has 7 nitrogen and oxygen atoms in total. The van der Waals surface area contributed by atoms with Crippen LogP contribution in [0, 0.1) is 10.1 Å². The Morgan fingerprint density at radius 2 is 2.16 bits per heavy atom. The molecule has 0 fully saturated rings. The molecule has 0 radical (unpaired) electrons. The van der Waals surface area contributed by atoms with Crippen molar-refractivity contribution >= 4 is 11.5 Å². The molecule has 0 aliphatic rings. The zero-order valence-corrected chi connectivity index (χ0v) is 12.3. The third-order valence-electron chi connectivity index (χ3n) is 3.00. The fraction of sp³-hybridized carbons (Fsp3) is 0.750. The Bertz CT molecular complexity index is 442. The number of nitrogens with one attached hydrogen (secondary N) is 1. The molecule has 0 amide bonds. The van der Waals surface area contributed by atoms with E-state index in [-0.39, 0.29) is 16.7 Å². The van der Waals surface area contributed by atoms with E-state index in [1.165, 1.54) is 0 Å². The number of rotatable bonds is 7. The molecule has 0 aliphatic carbocycles. The fourth-order valence-corrected chi connectivity index (χ4v) is 1.92. The van der Waals surface area contributed by atoms with Gasteiger partial charge in [0, 0.05) is 13.1 Å². The van der Waals surface area contributed by atoms with E-state index in [9.17, 15) is 10.1 Å². The molecular formula is C12H23N5O2. The van der Waals surface area contributed by atoms with Crippen LogP contribution in [0.3, 0.4) is 0 Å². The Morgan fingerprint density at radius 1 is 1.53 bits per heavy atom. The summed E-state index contributed by atoms with van der Waals surface area (Å²) in [4.78, 5) is 12.9. The summed E-state index contributed by atoms with van der Waals surface area (Å²) in [5, 5.41) is 18.6. The lowest BCUT2D eigenvalue weighted by Gasteiger charge is -2.17. The van der Waals surface area contributed by atoms with Crippen molar-refractivity contribution in [3.05, 3.63) is 15.8 Å². The van der Waals surface area contributed by atoms with Gasteiger partial charge in [-0.05, 0) is 40.4 Å². The quantitative estimate of drug-likeness (QED) is 0.601. The van der Waals surface area contributed by atoms with Crippen LogP contribution < -0.4 is 5.32 Å². The molecule has 0 aliphatic heterocycles. The maximum atomic E-state index is 11.2. The second-order valence-electron chi connectivity index (χ2n) is 5.02. The molecular weight excluding hydrogens is 246 g/mol. The van der Waals surface area contributed by atoms with Crippen LogP contribution in [0.2, 0.25) is 0 Å².